The number of allylic oxidation sites excluding steroid dienone is 6. The van der Waals surface area contributed by atoms with Crippen molar-refractivity contribution >= 4 is 64.4 Å². The Morgan fingerprint density at radius 2 is 1.38 bits per heavy atom. The number of para-hydroxylation sites is 1. The van der Waals surface area contributed by atoms with Gasteiger partial charge >= 0.3 is 6.03 Å². The average Bonchev–Trinajstić information content (AvgIpc) is 1.52. The Morgan fingerprint density at radius 3 is 2.10 bits per heavy atom. The SMILES string of the molecule is C=C1C=C[C@@]2(C)C(=C1)[C@@H](F)C[C@H]1[C@@H]3C[C@H]4OC(CCC)O[C@@]4(C(=O)COc4ccc(NC(=O)[C@H](CCCNC(N)=O)CC(=O)[C@@H](NC(=O)[C@@H](CCCCNC(=O)COC5CCCCCC6=C5NNN6[C@H]5O[C@H](CO)[C@@H](O[C@H]6O[C@H](CO)[C@@H](O)[C@H](O)[C@H]6O)[C@H](O)[C@H]5O)NC(=O)CCOCCOCCOCCOCCNC(=O)CCC(=O)N5Cc6ccccc6C#Cc6ccccc65)C(C)C)cc4)[C@@]3(C)C[C@H](O)[C@@]12F. The summed E-state index contributed by atoms with van der Waals surface area (Å²) in [5.74, 6) is -0.637. The Bertz CT molecular complexity index is 5060. The molecular formula is C102H141F2N11O28. The predicted octanol–water partition coefficient (Wildman–Crippen LogP) is 3.51. The summed E-state index contributed by atoms with van der Waals surface area (Å²) < 4.78 is 101. The number of aliphatic hydroxyl groups is 8. The molecule has 2 unspecified atom stereocenters. The number of unbranched alkanes of at least 4 members (excludes halogenated alkanes) is 1. The number of nitrogens with one attached hydrogen (secondary N) is 8. The van der Waals surface area contributed by atoms with E-state index >= 15 is 13.6 Å². The van der Waals surface area contributed by atoms with Crippen molar-refractivity contribution in [2.24, 2.45) is 40.2 Å². The lowest BCUT2D eigenvalue weighted by Crippen LogP contribution is -2.70. The number of amides is 8. The number of Topliss-reactive ketones (excluding diaryl/α,β-unsaturated/α-hetero) is 2. The molecule has 39 nitrogen and oxygen atoms in total. The van der Waals surface area contributed by atoms with Crippen molar-refractivity contribution in [1.29, 1.82) is 0 Å². The van der Waals surface area contributed by atoms with Crippen molar-refractivity contribution in [2.75, 3.05) is 109 Å². The first-order valence-electron chi connectivity index (χ1n) is 49.9. The van der Waals surface area contributed by atoms with Gasteiger partial charge in [-0.2, -0.15) is 0 Å². The van der Waals surface area contributed by atoms with Crippen molar-refractivity contribution in [3.05, 3.63) is 137 Å². The Morgan fingerprint density at radius 1 is 0.692 bits per heavy atom. The van der Waals surface area contributed by atoms with E-state index in [1.165, 1.54) is 29.3 Å². The number of fused-ring (bicyclic) bond motifs is 9. The van der Waals surface area contributed by atoms with E-state index in [0.29, 0.717) is 67.7 Å². The van der Waals surface area contributed by atoms with Crippen LogP contribution in [-0.4, -0.2) is 313 Å². The maximum absolute atomic E-state index is 18.3. The van der Waals surface area contributed by atoms with Crippen LogP contribution in [0.2, 0.25) is 0 Å². The second kappa shape index (κ2) is 51.0. The molecule has 6 fully saturated rings. The molecule has 41 heteroatoms. The number of primary amides is 1. The van der Waals surface area contributed by atoms with Crippen molar-refractivity contribution < 1.29 is 145 Å². The molecule has 0 aromatic heterocycles. The third kappa shape index (κ3) is 26.0. The molecule has 18 N–H and O–H groups in total. The summed E-state index contributed by atoms with van der Waals surface area (Å²) in [6.07, 6.45) is -13.0. The van der Waals surface area contributed by atoms with Gasteiger partial charge in [-0.25, -0.2) is 13.6 Å². The monoisotopic (exact) mass is 2010 g/mol. The first kappa shape index (κ1) is 110. The number of nitrogens with two attached hydrogens (primary N) is 1. The molecule has 13 rings (SSSR count). The number of hydrogen-bond donors (Lipinski definition) is 17. The summed E-state index contributed by atoms with van der Waals surface area (Å²) in [4.78, 5) is 127. The van der Waals surface area contributed by atoms with Crippen LogP contribution < -0.4 is 58.2 Å². The molecule has 8 amide bonds. The topological polar surface area (TPSA) is 546 Å². The number of aliphatic hydroxyl groups excluding tert-OH is 8. The largest absolute Gasteiger partial charge is 0.486 e. The molecule has 0 spiro atoms. The van der Waals surface area contributed by atoms with E-state index in [1.54, 1.807) is 50.8 Å². The summed E-state index contributed by atoms with van der Waals surface area (Å²) in [5, 5.41) is 105. The van der Waals surface area contributed by atoms with E-state index in [1.807, 2.05) is 55.5 Å². The van der Waals surface area contributed by atoms with Gasteiger partial charge in [0, 0.05) is 84.8 Å². The summed E-state index contributed by atoms with van der Waals surface area (Å²) >= 11 is 0. The zero-order chi connectivity index (χ0) is 102. The molecule has 24 atom stereocenters. The summed E-state index contributed by atoms with van der Waals surface area (Å²) in [5.41, 5.74) is 9.94. The average molecular weight is 2010 g/mol. The van der Waals surface area contributed by atoms with Crippen LogP contribution in [0.1, 0.15) is 173 Å². The van der Waals surface area contributed by atoms with E-state index in [0.717, 1.165) is 23.1 Å². The molecule has 5 aliphatic carbocycles. The van der Waals surface area contributed by atoms with E-state index in [9.17, 15) is 79.2 Å². The Labute approximate surface area is 830 Å². The Hall–Kier alpha value is -9.89. The summed E-state index contributed by atoms with van der Waals surface area (Å²) in [7, 11) is 0. The van der Waals surface area contributed by atoms with Gasteiger partial charge in [0.25, 0.3) is 0 Å². The highest BCUT2D eigenvalue weighted by Crippen LogP contribution is 2.72. The molecule has 3 aromatic carbocycles. The molecule has 0 bridgehead atoms. The fourth-order valence-electron chi connectivity index (χ4n) is 21.5. The van der Waals surface area contributed by atoms with Gasteiger partial charge in [0.1, 0.15) is 86.1 Å². The second-order valence-electron chi connectivity index (χ2n) is 39.0. The van der Waals surface area contributed by atoms with Gasteiger partial charge < -0.3 is 141 Å². The molecule has 0 radical (unpaired) electrons. The number of alkyl halides is 2. The first-order valence-corrected chi connectivity index (χ1v) is 49.9. The minimum Gasteiger partial charge on any atom is -0.486 e. The number of nitrogens with zero attached hydrogens (tertiary/aromatic N) is 2. The Balaban J connectivity index is 0.587. The minimum atomic E-state index is -2.30. The fourth-order valence-corrected chi connectivity index (χ4v) is 21.5. The normalized spacial score (nSPS) is 30.1. The first-order chi connectivity index (χ1) is 68.7. The number of ketones is 2. The maximum Gasteiger partial charge on any atom is 0.312 e. The van der Waals surface area contributed by atoms with Crippen LogP contribution in [0.15, 0.2) is 120 Å². The predicted molar refractivity (Wildman–Crippen MR) is 511 cm³/mol. The minimum absolute atomic E-state index is 0.00353. The highest BCUT2D eigenvalue weighted by Gasteiger charge is 2.80. The number of carbonyl (C=O) groups excluding carboxylic acids is 9. The second-order valence-corrected chi connectivity index (χ2v) is 39.0. The van der Waals surface area contributed by atoms with Gasteiger partial charge in [0.2, 0.25) is 41.2 Å². The van der Waals surface area contributed by atoms with Gasteiger partial charge in [0.15, 0.2) is 35.9 Å². The van der Waals surface area contributed by atoms with Gasteiger partial charge in [0.05, 0.1) is 108 Å². The number of ether oxygens (including phenoxy) is 11. The van der Waals surface area contributed by atoms with Crippen molar-refractivity contribution in [3.8, 4) is 17.6 Å². The quantitative estimate of drug-likeness (QED) is 0.0284. The molecule has 5 heterocycles. The lowest BCUT2D eigenvalue weighted by Gasteiger charge is -2.63. The van der Waals surface area contributed by atoms with Crippen molar-refractivity contribution in [2.45, 2.75) is 279 Å². The van der Waals surface area contributed by atoms with Crippen LogP contribution in [0.5, 0.6) is 5.75 Å². The number of halogens is 2. The van der Waals surface area contributed by atoms with Crippen LogP contribution >= 0.6 is 0 Å². The van der Waals surface area contributed by atoms with Crippen LogP contribution in [0.25, 0.3) is 0 Å². The molecule has 786 valence electrons. The van der Waals surface area contributed by atoms with Gasteiger partial charge in [-0.15, -0.1) is 5.53 Å². The fraction of sp³-hybridized carbons (Fsp3) is 0.637. The highest BCUT2D eigenvalue weighted by atomic mass is 19.1. The number of hydrogen-bond acceptors (Lipinski definition) is 31. The molecule has 3 saturated carbocycles. The van der Waals surface area contributed by atoms with Gasteiger partial charge in [-0.05, 0) is 155 Å². The third-order valence-corrected chi connectivity index (χ3v) is 29.2. The van der Waals surface area contributed by atoms with Gasteiger partial charge in [-0.3, -0.25) is 43.4 Å². The summed E-state index contributed by atoms with van der Waals surface area (Å²) in [6.45, 7) is 12.2. The molecule has 143 heavy (non-hydrogen) atoms. The van der Waals surface area contributed by atoms with Crippen LogP contribution in [0.3, 0.4) is 0 Å². The standard InChI is InChI=1S/C102H141F2N11O28/c1-7-18-85-141-80-52-67-68-51-70(103)69-49-60(4)35-37-99(69,5)101(68,104)78(119)53-100(67,6)102(80,143-85)79(120)57-137-66-31-29-65(30-32-66)109-94(130)63(22-17-39-108-98(105)132)50-74(118)86(59(2)3)111-95(131)71(110-82(122)36-41-133-43-45-135-47-48-136-46-44-134-42-40-107-81(121)33-34-84(124)114-54-64-21-12-11-19-61(64)27-28-62-20-13-14-24-72(62)114)23-15-16-38-106-83(123)58-138-75-26-10-8-9-25-73-87(75)112-113-115(73)96-91(128)90(127)93(77(56-117)139-96)142-97-92(129)89(126)88(125)76(55-116)140-97/h11-14,19-21,24,29-32,35,37,49,59,63,67-68,70-71,75-78,80,85-86,88-93,96-97,112-113,116-117,119,125-129H,4,7-10,15-18,22-23,25-26,33-34,36,38-48,50-58H2,1-3,5-6H3,(H,106,123)(H,107,121)(H,109,130)(H,110,122)(H,111,131)(H3,105,108,132)/t63-,67+,68+,70+,71-,75?,76-,77-,78+,80-,85?,86+,88-,89+,90-,91-,92-,93-,96+,97-,99+,100+,101+,102-/m1/s1. The van der Waals surface area contributed by atoms with Crippen LogP contribution in [-0.2, 0) is 92.3 Å². The lowest BCUT2D eigenvalue weighted by atomic mass is 9.44. The van der Waals surface area contributed by atoms with Crippen molar-refractivity contribution in [3.63, 3.8) is 0 Å². The van der Waals surface area contributed by atoms with E-state index in [2.05, 4.69) is 61.3 Å². The van der Waals surface area contributed by atoms with Crippen LogP contribution in [0.4, 0.5) is 25.0 Å². The molecule has 3 aromatic rings. The zero-order valence-corrected chi connectivity index (χ0v) is 81.7. The molecule has 10 aliphatic rings. The van der Waals surface area contributed by atoms with E-state index in [-0.39, 0.29) is 172 Å². The lowest BCUT2D eigenvalue weighted by molar-refractivity contribution is -0.349. The number of anilines is 2. The zero-order valence-electron chi connectivity index (χ0n) is 81.7. The van der Waals surface area contributed by atoms with Gasteiger partial charge in [-0.1, -0.05) is 114 Å². The number of hydrazine groups is 2. The number of carbonyl (C=O) groups is 9. The Kier molecular flexibility index (Phi) is 39.3. The maximum atomic E-state index is 18.3. The third-order valence-electron chi connectivity index (χ3n) is 29.2. The molecular weight excluding hydrogens is 1870 g/mol. The van der Waals surface area contributed by atoms with Crippen molar-refractivity contribution in [1.82, 2.24) is 42.6 Å². The molecule has 5 aliphatic heterocycles. The number of benzene rings is 3. The highest BCUT2D eigenvalue weighted by molar-refractivity contribution is 5.99. The smallest absolute Gasteiger partial charge is 0.312 e. The van der Waals surface area contributed by atoms with E-state index in [4.69, 9.17) is 57.8 Å². The number of urea groups is 1. The van der Waals surface area contributed by atoms with E-state index < -0.39 is 224 Å². The van der Waals surface area contributed by atoms with Crippen LogP contribution in [0, 0.1) is 46.3 Å². The summed E-state index contributed by atoms with van der Waals surface area (Å²) in [6, 6.07) is 17.9. The number of rotatable bonds is 50. The molecule has 3 saturated heterocycles.